The van der Waals surface area contributed by atoms with Crippen LogP contribution in [0.1, 0.15) is 18.4 Å². The van der Waals surface area contributed by atoms with Gasteiger partial charge in [0.15, 0.2) is 0 Å². The van der Waals surface area contributed by atoms with E-state index in [4.69, 9.17) is 16.7 Å². The van der Waals surface area contributed by atoms with E-state index in [2.05, 4.69) is 26.6 Å². The Hall–Kier alpha value is -2.39. The van der Waals surface area contributed by atoms with Gasteiger partial charge in [-0.2, -0.15) is 0 Å². The van der Waals surface area contributed by atoms with Gasteiger partial charge in [-0.15, -0.1) is 11.6 Å². The summed E-state index contributed by atoms with van der Waals surface area (Å²) in [6.07, 6.45) is -0.749. The van der Waals surface area contributed by atoms with Gasteiger partial charge in [0.25, 0.3) is 0 Å². The summed E-state index contributed by atoms with van der Waals surface area (Å²) in [5.41, 5.74) is 0.826. The van der Waals surface area contributed by atoms with Crippen LogP contribution < -0.4 is 10.1 Å². The summed E-state index contributed by atoms with van der Waals surface area (Å²) in [5.74, 6) is 6.34. The van der Waals surface area contributed by atoms with E-state index in [0.29, 0.717) is 23.6 Å². The second-order valence-corrected chi connectivity index (χ2v) is 4.16. The molecule has 0 saturated heterocycles. The third-order valence-electron chi connectivity index (χ3n) is 2.28. The first-order chi connectivity index (χ1) is 10.1. The monoisotopic (exact) mass is 311 g/mol. The molecule has 0 aromatic heterocycles. The molecule has 112 valence electrons. The molecule has 1 rings (SSSR count). The molecule has 2 N–H and O–H groups in total. The first-order valence-electron chi connectivity index (χ1n) is 6.01. The summed E-state index contributed by atoms with van der Waals surface area (Å²) >= 11 is 5.56. The second kappa shape index (κ2) is 8.72. The molecule has 0 aliphatic heterocycles. The van der Waals surface area contributed by atoms with Crippen molar-refractivity contribution in [1.82, 2.24) is 0 Å². The SMILES string of the molecule is COC(=O)Nc1ccc(OC(=O)O)cc1C#CCCCCl. The van der Waals surface area contributed by atoms with Crippen molar-refractivity contribution in [2.75, 3.05) is 18.3 Å². The molecule has 0 heterocycles. The van der Waals surface area contributed by atoms with Crippen LogP contribution in [-0.2, 0) is 4.74 Å². The van der Waals surface area contributed by atoms with Gasteiger partial charge in [-0.25, -0.2) is 9.59 Å². The molecule has 1 aromatic carbocycles. The van der Waals surface area contributed by atoms with Crippen LogP contribution in [0.4, 0.5) is 15.3 Å². The van der Waals surface area contributed by atoms with Crippen molar-refractivity contribution in [2.24, 2.45) is 0 Å². The van der Waals surface area contributed by atoms with Crippen LogP contribution in [0.3, 0.4) is 0 Å². The zero-order valence-electron chi connectivity index (χ0n) is 11.3. The predicted octanol–water partition coefficient (Wildman–Crippen LogP) is 3.29. The average Bonchev–Trinajstić information content (AvgIpc) is 2.45. The topological polar surface area (TPSA) is 84.9 Å². The van der Waals surface area contributed by atoms with Crippen LogP contribution >= 0.6 is 11.6 Å². The third-order valence-corrected chi connectivity index (χ3v) is 2.54. The number of methoxy groups -OCH3 is 1. The Morgan fingerprint density at radius 2 is 2.19 bits per heavy atom. The lowest BCUT2D eigenvalue weighted by Crippen LogP contribution is -2.12. The minimum Gasteiger partial charge on any atom is -0.453 e. The molecule has 0 fully saturated rings. The van der Waals surface area contributed by atoms with Crippen molar-refractivity contribution in [2.45, 2.75) is 12.8 Å². The largest absolute Gasteiger partial charge is 0.511 e. The Morgan fingerprint density at radius 3 is 2.81 bits per heavy atom. The lowest BCUT2D eigenvalue weighted by Gasteiger charge is -2.08. The van der Waals surface area contributed by atoms with Crippen molar-refractivity contribution < 1.29 is 24.2 Å². The molecule has 0 saturated carbocycles. The smallest absolute Gasteiger partial charge is 0.453 e. The van der Waals surface area contributed by atoms with E-state index < -0.39 is 12.2 Å². The van der Waals surface area contributed by atoms with E-state index >= 15 is 0 Å². The van der Waals surface area contributed by atoms with Crippen molar-refractivity contribution >= 4 is 29.5 Å². The summed E-state index contributed by atoms with van der Waals surface area (Å²) in [4.78, 5) is 21.8. The number of benzene rings is 1. The number of hydrogen-bond donors (Lipinski definition) is 2. The number of carboxylic acid groups (broad SMARTS) is 1. The molecule has 0 unspecified atom stereocenters. The van der Waals surface area contributed by atoms with E-state index in [1.54, 1.807) is 0 Å². The van der Waals surface area contributed by atoms with Crippen LogP contribution in [0.15, 0.2) is 18.2 Å². The summed E-state index contributed by atoms with van der Waals surface area (Å²) in [7, 11) is 1.24. The highest BCUT2D eigenvalue weighted by Gasteiger charge is 2.08. The normalized spacial score (nSPS) is 9.24. The first kappa shape index (κ1) is 16.7. The number of alkyl halides is 1. The van der Waals surface area contributed by atoms with Gasteiger partial charge in [0.1, 0.15) is 5.75 Å². The van der Waals surface area contributed by atoms with Crippen LogP contribution in [0, 0.1) is 11.8 Å². The van der Waals surface area contributed by atoms with Crippen molar-refractivity contribution in [3.63, 3.8) is 0 Å². The van der Waals surface area contributed by atoms with Gasteiger partial charge in [-0.3, -0.25) is 5.32 Å². The zero-order valence-corrected chi connectivity index (χ0v) is 12.1. The fourth-order valence-electron chi connectivity index (χ4n) is 1.37. The van der Waals surface area contributed by atoms with Crippen LogP contribution in [0.2, 0.25) is 0 Å². The number of hydrogen-bond acceptors (Lipinski definition) is 4. The molecule has 0 atom stereocenters. The number of anilines is 1. The highest BCUT2D eigenvalue weighted by Crippen LogP contribution is 2.22. The van der Waals surface area contributed by atoms with Gasteiger partial charge in [0, 0.05) is 12.3 Å². The standard InChI is InChI=1S/C14H14ClNO5/c1-20-13(17)16-12-7-6-11(21-14(18)19)9-10(12)5-3-2-4-8-15/h6-7,9H,2,4,8H2,1H3,(H,16,17)(H,18,19). The average molecular weight is 312 g/mol. The Kier molecular flexibility index (Phi) is 6.92. The number of ether oxygens (including phenoxy) is 2. The van der Waals surface area contributed by atoms with E-state index in [0.717, 1.165) is 6.42 Å². The van der Waals surface area contributed by atoms with Gasteiger partial charge in [0.05, 0.1) is 18.4 Å². The number of carbonyl (C=O) groups is 2. The van der Waals surface area contributed by atoms with Gasteiger partial charge in [0.2, 0.25) is 0 Å². The van der Waals surface area contributed by atoms with Crippen LogP contribution in [0.5, 0.6) is 5.75 Å². The Labute approximate surface area is 127 Å². The molecule has 0 aliphatic carbocycles. The fraction of sp³-hybridized carbons (Fsp3) is 0.286. The van der Waals surface area contributed by atoms with E-state index in [-0.39, 0.29) is 5.75 Å². The maximum atomic E-state index is 11.2. The fourth-order valence-corrected chi connectivity index (χ4v) is 1.51. The molecule has 0 spiro atoms. The number of rotatable bonds is 4. The number of amides is 1. The minimum atomic E-state index is -1.43. The lowest BCUT2D eigenvalue weighted by molar-refractivity contribution is 0.144. The van der Waals surface area contributed by atoms with E-state index in [9.17, 15) is 9.59 Å². The number of unbranched alkanes of at least 4 members (excludes halogenated alkanes) is 1. The van der Waals surface area contributed by atoms with Crippen molar-refractivity contribution in [3.05, 3.63) is 23.8 Å². The van der Waals surface area contributed by atoms with Crippen LogP contribution in [0.25, 0.3) is 0 Å². The van der Waals surface area contributed by atoms with Gasteiger partial charge >= 0.3 is 12.2 Å². The van der Waals surface area contributed by atoms with Gasteiger partial charge in [-0.1, -0.05) is 11.8 Å². The molecular formula is C14H14ClNO5. The molecule has 0 aliphatic rings. The zero-order chi connectivity index (χ0) is 15.7. The molecular weight excluding hydrogens is 298 g/mol. The molecule has 0 bridgehead atoms. The highest BCUT2D eigenvalue weighted by atomic mass is 35.5. The third kappa shape index (κ3) is 6.06. The Balaban J connectivity index is 3.01. The Morgan fingerprint density at radius 1 is 1.43 bits per heavy atom. The van der Waals surface area contributed by atoms with Gasteiger partial charge < -0.3 is 14.6 Å². The Bertz CT molecular complexity index is 576. The van der Waals surface area contributed by atoms with E-state index in [1.807, 2.05) is 0 Å². The summed E-state index contributed by atoms with van der Waals surface area (Å²) in [6.45, 7) is 0. The molecule has 7 heteroatoms. The molecule has 6 nitrogen and oxygen atoms in total. The quantitative estimate of drug-likeness (QED) is 0.293. The molecule has 0 radical (unpaired) electrons. The highest BCUT2D eigenvalue weighted by molar-refractivity contribution is 6.17. The maximum absolute atomic E-state index is 11.2. The molecule has 1 amide bonds. The first-order valence-corrected chi connectivity index (χ1v) is 6.55. The molecule has 21 heavy (non-hydrogen) atoms. The van der Waals surface area contributed by atoms with Crippen LogP contribution in [-0.4, -0.2) is 30.3 Å². The minimum absolute atomic E-state index is 0.111. The summed E-state index contributed by atoms with van der Waals surface area (Å²) in [5, 5.41) is 11.1. The number of halogens is 1. The predicted molar refractivity (Wildman–Crippen MR) is 78.0 cm³/mol. The van der Waals surface area contributed by atoms with Crippen molar-refractivity contribution in [3.8, 4) is 17.6 Å². The number of carbonyl (C=O) groups excluding carboxylic acids is 1. The summed E-state index contributed by atoms with van der Waals surface area (Å²) in [6, 6.07) is 4.32. The van der Waals surface area contributed by atoms with Gasteiger partial charge in [-0.05, 0) is 24.6 Å². The second-order valence-electron chi connectivity index (χ2n) is 3.79. The summed E-state index contributed by atoms with van der Waals surface area (Å²) < 4.78 is 9.06. The molecule has 1 aromatic rings. The van der Waals surface area contributed by atoms with Crippen molar-refractivity contribution in [1.29, 1.82) is 0 Å². The maximum Gasteiger partial charge on any atom is 0.511 e. The lowest BCUT2D eigenvalue weighted by atomic mass is 10.1. The number of nitrogens with one attached hydrogen (secondary N) is 1. The van der Waals surface area contributed by atoms with E-state index in [1.165, 1.54) is 25.3 Å².